The molecule has 1 aromatic heterocycles. The highest BCUT2D eigenvalue weighted by molar-refractivity contribution is 7.89. The molecule has 1 atom stereocenters. The number of aromatic nitrogens is 1. The third kappa shape index (κ3) is 5.07. The van der Waals surface area contributed by atoms with Crippen molar-refractivity contribution in [2.24, 2.45) is 13.0 Å². The summed E-state index contributed by atoms with van der Waals surface area (Å²) in [6.07, 6.45) is 3.75. The highest BCUT2D eigenvalue weighted by Crippen LogP contribution is 2.26. The molecule has 1 aliphatic rings. The van der Waals surface area contributed by atoms with Crippen molar-refractivity contribution in [2.45, 2.75) is 30.7 Å². The molecule has 3 rings (SSSR count). The summed E-state index contributed by atoms with van der Waals surface area (Å²) < 4.78 is 27.8. The topological polar surface area (TPSA) is 83.4 Å². The monoisotopic (exact) mass is 418 g/mol. The molecule has 2 heterocycles. The maximum atomic E-state index is 12.8. The van der Waals surface area contributed by atoms with Crippen molar-refractivity contribution in [3.63, 3.8) is 0 Å². The number of nitrogens with one attached hydrogen (secondary N) is 2. The molecule has 0 spiro atoms. The molecule has 29 heavy (non-hydrogen) atoms. The van der Waals surface area contributed by atoms with E-state index in [0.717, 1.165) is 31.8 Å². The second kappa shape index (κ2) is 9.11. The highest BCUT2D eigenvalue weighted by Gasteiger charge is 2.26. The number of sulfonamides is 1. The van der Waals surface area contributed by atoms with Crippen LogP contribution >= 0.6 is 0 Å². The van der Waals surface area contributed by atoms with Gasteiger partial charge in [-0.1, -0.05) is 37.3 Å². The van der Waals surface area contributed by atoms with Gasteiger partial charge in [0, 0.05) is 19.8 Å². The van der Waals surface area contributed by atoms with Gasteiger partial charge in [0.05, 0.1) is 6.04 Å². The van der Waals surface area contributed by atoms with Gasteiger partial charge in [-0.05, 0) is 50.5 Å². The lowest BCUT2D eigenvalue weighted by Crippen LogP contribution is -2.42. The van der Waals surface area contributed by atoms with Crippen LogP contribution in [-0.2, 0) is 17.1 Å². The minimum atomic E-state index is -3.59. The molecule has 0 radical (unpaired) electrons. The van der Waals surface area contributed by atoms with Crippen LogP contribution in [-0.4, -0.2) is 50.5 Å². The van der Waals surface area contributed by atoms with Crippen LogP contribution in [0.3, 0.4) is 0 Å². The number of carbonyl (C=O) groups excluding carboxylic acids is 1. The Hall–Kier alpha value is -2.16. The van der Waals surface area contributed by atoms with Crippen molar-refractivity contribution in [3.8, 4) is 0 Å². The van der Waals surface area contributed by atoms with Gasteiger partial charge in [-0.3, -0.25) is 9.69 Å². The Balaban J connectivity index is 1.75. The van der Waals surface area contributed by atoms with Crippen LogP contribution in [0.25, 0.3) is 0 Å². The van der Waals surface area contributed by atoms with E-state index in [4.69, 9.17) is 0 Å². The van der Waals surface area contributed by atoms with E-state index in [-0.39, 0.29) is 16.8 Å². The summed E-state index contributed by atoms with van der Waals surface area (Å²) in [5.74, 6) is 0.449. The lowest BCUT2D eigenvalue weighted by atomic mass is 9.95. The summed E-state index contributed by atoms with van der Waals surface area (Å²) in [7, 11) is -0.565. The van der Waals surface area contributed by atoms with E-state index in [1.165, 1.54) is 24.9 Å². The fourth-order valence-electron chi connectivity index (χ4n) is 3.78. The van der Waals surface area contributed by atoms with Crippen molar-refractivity contribution < 1.29 is 13.2 Å². The zero-order chi connectivity index (χ0) is 21.0. The average Bonchev–Trinajstić information content (AvgIpc) is 3.13. The first-order chi connectivity index (χ1) is 13.8. The second-order valence-electron chi connectivity index (χ2n) is 7.73. The molecule has 1 saturated heterocycles. The number of hydrogen-bond donors (Lipinski definition) is 2. The summed E-state index contributed by atoms with van der Waals surface area (Å²) in [6.45, 7) is 4.76. The Kier molecular flexibility index (Phi) is 6.77. The van der Waals surface area contributed by atoms with E-state index in [1.54, 1.807) is 11.6 Å². The minimum Gasteiger partial charge on any atom is -0.349 e. The SMILES string of the molecule is CNS(=O)(=O)c1cc(C(=O)NCC(c2ccccc2)N2CCC(C)CC2)n(C)c1. The first-order valence-electron chi connectivity index (χ1n) is 9.99. The van der Waals surface area contributed by atoms with Crippen molar-refractivity contribution in [1.29, 1.82) is 0 Å². The van der Waals surface area contributed by atoms with Crippen molar-refractivity contribution in [3.05, 3.63) is 53.9 Å². The molecule has 7 nitrogen and oxygen atoms in total. The maximum Gasteiger partial charge on any atom is 0.268 e. The summed E-state index contributed by atoms with van der Waals surface area (Å²) in [6, 6.07) is 11.7. The van der Waals surface area contributed by atoms with Crippen molar-refractivity contribution in [1.82, 2.24) is 19.5 Å². The van der Waals surface area contributed by atoms with Gasteiger partial charge in [0.15, 0.2) is 0 Å². The van der Waals surface area contributed by atoms with E-state index >= 15 is 0 Å². The zero-order valence-corrected chi connectivity index (χ0v) is 18.1. The molecular formula is C21H30N4O3S. The number of piperidine rings is 1. The fraction of sp³-hybridized carbons (Fsp3) is 0.476. The molecule has 8 heteroatoms. The third-order valence-corrected chi connectivity index (χ3v) is 7.07. The molecule has 0 aliphatic carbocycles. The predicted octanol–water partition coefficient (Wildman–Crippen LogP) is 2.14. The number of aryl methyl sites for hydroxylation is 1. The number of likely N-dealkylation sites (tertiary alicyclic amines) is 1. The van der Waals surface area contributed by atoms with E-state index in [0.29, 0.717) is 12.2 Å². The van der Waals surface area contributed by atoms with Gasteiger partial charge >= 0.3 is 0 Å². The fourth-order valence-corrected chi connectivity index (χ4v) is 4.58. The Morgan fingerprint density at radius 3 is 2.48 bits per heavy atom. The van der Waals surface area contributed by atoms with Crippen LogP contribution in [0.5, 0.6) is 0 Å². The molecule has 2 N–H and O–H groups in total. The van der Waals surface area contributed by atoms with E-state index in [9.17, 15) is 13.2 Å². The number of amides is 1. The summed E-state index contributed by atoms with van der Waals surface area (Å²) in [5.41, 5.74) is 1.49. The van der Waals surface area contributed by atoms with Gasteiger partial charge < -0.3 is 9.88 Å². The lowest BCUT2D eigenvalue weighted by molar-refractivity contribution is 0.0905. The van der Waals surface area contributed by atoms with Gasteiger partial charge in [-0.15, -0.1) is 0 Å². The normalized spacial score (nSPS) is 17.2. The lowest BCUT2D eigenvalue weighted by Gasteiger charge is -2.37. The summed E-state index contributed by atoms with van der Waals surface area (Å²) >= 11 is 0. The first kappa shape index (κ1) is 21.5. The highest BCUT2D eigenvalue weighted by atomic mass is 32.2. The van der Waals surface area contributed by atoms with Gasteiger partial charge in [0.25, 0.3) is 5.91 Å². The summed E-state index contributed by atoms with van der Waals surface area (Å²) in [5, 5.41) is 3.01. The second-order valence-corrected chi connectivity index (χ2v) is 9.62. The van der Waals surface area contributed by atoms with Gasteiger partial charge in [0.1, 0.15) is 10.6 Å². The van der Waals surface area contributed by atoms with Crippen LogP contribution in [0.1, 0.15) is 41.9 Å². The maximum absolute atomic E-state index is 12.8. The standard InChI is InChI=1S/C21H30N4O3S/c1-16-9-11-25(12-10-16)20(17-7-5-4-6-8-17)14-23-21(26)19-13-18(15-24(19)3)29(27,28)22-2/h4-8,13,15-16,20,22H,9-12,14H2,1-3H3,(H,23,26). The van der Waals surface area contributed by atoms with E-state index in [1.807, 2.05) is 18.2 Å². The number of carbonyl (C=O) groups is 1. The first-order valence-corrected chi connectivity index (χ1v) is 11.5. The number of hydrogen-bond acceptors (Lipinski definition) is 4. The smallest absolute Gasteiger partial charge is 0.268 e. The number of benzene rings is 1. The minimum absolute atomic E-state index is 0.0808. The Labute approximate surface area is 173 Å². The van der Waals surface area contributed by atoms with Crippen LogP contribution in [0, 0.1) is 5.92 Å². The Bertz CT molecular complexity index is 932. The molecule has 2 aromatic rings. The molecular weight excluding hydrogens is 388 g/mol. The van der Waals surface area contributed by atoms with Crippen LogP contribution in [0.2, 0.25) is 0 Å². The van der Waals surface area contributed by atoms with Crippen molar-refractivity contribution >= 4 is 15.9 Å². The third-order valence-electron chi connectivity index (χ3n) is 5.69. The molecule has 1 aliphatic heterocycles. The van der Waals surface area contributed by atoms with E-state index < -0.39 is 10.0 Å². The molecule has 1 fully saturated rings. The zero-order valence-electron chi connectivity index (χ0n) is 17.3. The van der Waals surface area contributed by atoms with Gasteiger partial charge in [0.2, 0.25) is 10.0 Å². The number of nitrogens with zero attached hydrogens (tertiary/aromatic N) is 2. The molecule has 1 unspecified atom stereocenters. The molecule has 1 amide bonds. The van der Waals surface area contributed by atoms with E-state index in [2.05, 4.69) is 34.0 Å². The average molecular weight is 419 g/mol. The predicted molar refractivity (Wildman–Crippen MR) is 113 cm³/mol. The summed E-state index contributed by atoms with van der Waals surface area (Å²) in [4.78, 5) is 15.3. The number of rotatable bonds is 7. The Morgan fingerprint density at radius 1 is 1.21 bits per heavy atom. The molecule has 0 saturated carbocycles. The van der Waals surface area contributed by atoms with Crippen molar-refractivity contribution in [2.75, 3.05) is 26.7 Å². The van der Waals surface area contributed by atoms with Crippen LogP contribution < -0.4 is 10.0 Å². The quantitative estimate of drug-likeness (QED) is 0.722. The molecule has 0 bridgehead atoms. The van der Waals surface area contributed by atoms with Gasteiger partial charge in [-0.2, -0.15) is 0 Å². The molecule has 158 valence electrons. The van der Waals surface area contributed by atoms with Crippen LogP contribution in [0.4, 0.5) is 0 Å². The largest absolute Gasteiger partial charge is 0.349 e. The van der Waals surface area contributed by atoms with Crippen LogP contribution in [0.15, 0.2) is 47.5 Å². The molecule has 1 aromatic carbocycles. The van der Waals surface area contributed by atoms with Gasteiger partial charge in [-0.25, -0.2) is 13.1 Å². The Morgan fingerprint density at radius 2 is 1.86 bits per heavy atom.